The zero-order chi connectivity index (χ0) is 18.0. The Hall–Kier alpha value is -2.73. The van der Waals surface area contributed by atoms with Crippen LogP contribution in [0.3, 0.4) is 0 Å². The Balaban J connectivity index is 2.01. The van der Waals surface area contributed by atoms with Crippen LogP contribution >= 0.6 is 0 Å². The molecule has 0 radical (unpaired) electrons. The highest BCUT2D eigenvalue weighted by Crippen LogP contribution is 2.13. The Morgan fingerprint density at radius 1 is 1.24 bits per heavy atom. The summed E-state index contributed by atoms with van der Waals surface area (Å²) in [7, 11) is 1.69. The summed E-state index contributed by atoms with van der Waals surface area (Å²) in [5.74, 6) is 0.563. The van der Waals surface area contributed by atoms with E-state index in [0.717, 1.165) is 23.5 Å². The van der Waals surface area contributed by atoms with Gasteiger partial charge in [0.25, 0.3) is 5.56 Å². The first-order chi connectivity index (χ1) is 12.0. The van der Waals surface area contributed by atoms with Gasteiger partial charge >= 0.3 is 0 Å². The molecular formula is C19H22N4O2. The van der Waals surface area contributed by atoms with E-state index < -0.39 is 0 Å². The van der Waals surface area contributed by atoms with E-state index in [9.17, 15) is 4.79 Å². The molecule has 25 heavy (non-hydrogen) atoms. The van der Waals surface area contributed by atoms with Gasteiger partial charge < -0.3 is 9.30 Å². The van der Waals surface area contributed by atoms with Gasteiger partial charge in [0.1, 0.15) is 5.82 Å². The molecule has 3 rings (SSSR count). The smallest absolute Gasteiger partial charge is 0.282 e. The standard InChI is InChI=1S/C19H22N4O2/c1-13-11-16(14(2)22(13)9-10-25-4)12-20-23-15(3)21-18-8-6-5-7-17(18)19(23)24/h5-8,11-12H,9-10H2,1-4H3/b20-12-. The molecule has 0 bridgehead atoms. The Morgan fingerprint density at radius 3 is 2.76 bits per heavy atom. The molecule has 0 aliphatic carbocycles. The molecule has 0 amide bonds. The molecule has 6 heteroatoms. The maximum Gasteiger partial charge on any atom is 0.282 e. The largest absolute Gasteiger partial charge is 0.383 e. The fourth-order valence-electron chi connectivity index (χ4n) is 2.98. The average molecular weight is 338 g/mol. The minimum absolute atomic E-state index is 0.160. The number of rotatable bonds is 5. The molecule has 2 heterocycles. The third-order valence-corrected chi connectivity index (χ3v) is 4.36. The second-order valence-corrected chi connectivity index (χ2v) is 6.01. The van der Waals surface area contributed by atoms with Crippen molar-refractivity contribution < 1.29 is 4.74 Å². The number of ether oxygens (including phenoxy) is 1. The summed E-state index contributed by atoms with van der Waals surface area (Å²) in [4.78, 5) is 17.1. The number of para-hydroxylation sites is 1. The lowest BCUT2D eigenvalue weighted by atomic mass is 10.2. The van der Waals surface area contributed by atoms with Gasteiger partial charge in [0.15, 0.2) is 0 Å². The second-order valence-electron chi connectivity index (χ2n) is 6.01. The molecule has 2 aromatic heterocycles. The van der Waals surface area contributed by atoms with Crippen LogP contribution in [0.5, 0.6) is 0 Å². The van der Waals surface area contributed by atoms with Crippen molar-refractivity contribution in [1.82, 2.24) is 14.2 Å². The monoisotopic (exact) mass is 338 g/mol. The number of hydrogen-bond donors (Lipinski definition) is 0. The van der Waals surface area contributed by atoms with Crippen molar-refractivity contribution in [3.63, 3.8) is 0 Å². The van der Waals surface area contributed by atoms with E-state index in [-0.39, 0.29) is 5.56 Å². The number of benzene rings is 1. The zero-order valence-electron chi connectivity index (χ0n) is 15.0. The third-order valence-electron chi connectivity index (χ3n) is 4.36. The lowest BCUT2D eigenvalue weighted by Crippen LogP contribution is -2.20. The maximum atomic E-state index is 12.7. The van der Waals surface area contributed by atoms with Crippen LogP contribution in [-0.4, -0.2) is 34.2 Å². The molecule has 0 spiro atoms. The first-order valence-electron chi connectivity index (χ1n) is 8.21. The van der Waals surface area contributed by atoms with Crippen molar-refractivity contribution in [3.8, 4) is 0 Å². The summed E-state index contributed by atoms with van der Waals surface area (Å²) in [6.07, 6.45) is 1.72. The predicted molar refractivity (Wildman–Crippen MR) is 99.5 cm³/mol. The van der Waals surface area contributed by atoms with E-state index in [1.807, 2.05) is 25.1 Å². The maximum absolute atomic E-state index is 12.7. The van der Waals surface area contributed by atoms with Gasteiger partial charge in [0.05, 0.1) is 23.7 Å². The highest BCUT2D eigenvalue weighted by molar-refractivity contribution is 5.82. The van der Waals surface area contributed by atoms with Crippen LogP contribution in [0, 0.1) is 20.8 Å². The number of methoxy groups -OCH3 is 1. The highest BCUT2D eigenvalue weighted by atomic mass is 16.5. The average Bonchev–Trinajstić information content (AvgIpc) is 2.86. The highest BCUT2D eigenvalue weighted by Gasteiger charge is 2.09. The van der Waals surface area contributed by atoms with E-state index in [0.29, 0.717) is 23.3 Å². The van der Waals surface area contributed by atoms with E-state index in [1.54, 1.807) is 26.3 Å². The molecule has 3 aromatic rings. The summed E-state index contributed by atoms with van der Waals surface area (Å²) in [5.41, 5.74) is 3.74. The van der Waals surface area contributed by atoms with Crippen LogP contribution in [-0.2, 0) is 11.3 Å². The van der Waals surface area contributed by atoms with E-state index in [2.05, 4.69) is 27.6 Å². The van der Waals surface area contributed by atoms with Crippen molar-refractivity contribution in [3.05, 3.63) is 63.5 Å². The molecule has 0 saturated heterocycles. The van der Waals surface area contributed by atoms with Crippen molar-refractivity contribution in [1.29, 1.82) is 0 Å². The van der Waals surface area contributed by atoms with Gasteiger partial charge in [0.2, 0.25) is 0 Å². The minimum Gasteiger partial charge on any atom is -0.383 e. The van der Waals surface area contributed by atoms with Crippen LogP contribution in [0.4, 0.5) is 0 Å². The molecule has 0 aliphatic rings. The normalized spacial score (nSPS) is 11.7. The lowest BCUT2D eigenvalue weighted by molar-refractivity contribution is 0.186. The van der Waals surface area contributed by atoms with Crippen molar-refractivity contribution in [2.24, 2.45) is 5.10 Å². The van der Waals surface area contributed by atoms with E-state index in [4.69, 9.17) is 4.74 Å². The predicted octanol–water partition coefficient (Wildman–Crippen LogP) is 2.65. The number of fused-ring (bicyclic) bond motifs is 1. The Labute approximate surface area is 146 Å². The van der Waals surface area contributed by atoms with Crippen LogP contribution in [0.1, 0.15) is 22.8 Å². The minimum atomic E-state index is -0.160. The summed E-state index contributed by atoms with van der Waals surface area (Å²) >= 11 is 0. The molecule has 0 fully saturated rings. The topological polar surface area (TPSA) is 61.4 Å². The number of aromatic nitrogens is 3. The molecular weight excluding hydrogens is 316 g/mol. The number of nitrogens with zero attached hydrogens (tertiary/aromatic N) is 4. The summed E-state index contributed by atoms with van der Waals surface area (Å²) in [6.45, 7) is 7.32. The molecule has 0 aliphatic heterocycles. The second kappa shape index (κ2) is 7.03. The fourth-order valence-corrected chi connectivity index (χ4v) is 2.98. The first kappa shape index (κ1) is 17.1. The van der Waals surface area contributed by atoms with Gasteiger partial charge in [-0.3, -0.25) is 4.79 Å². The van der Waals surface area contributed by atoms with Crippen molar-refractivity contribution in [2.75, 3.05) is 13.7 Å². The molecule has 130 valence electrons. The fraction of sp³-hybridized carbons (Fsp3) is 0.316. The third kappa shape index (κ3) is 3.25. The molecule has 0 N–H and O–H groups in total. The van der Waals surface area contributed by atoms with E-state index in [1.165, 1.54) is 4.68 Å². The molecule has 0 unspecified atom stereocenters. The van der Waals surface area contributed by atoms with Gasteiger partial charge in [-0.2, -0.15) is 9.78 Å². The summed E-state index contributed by atoms with van der Waals surface area (Å²) in [6, 6.07) is 9.37. The SMILES string of the molecule is COCCn1c(C)cc(/C=N\n2c(C)nc3ccccc3c2=O)c1C. The van der Waals surface area contributed by atoms with Crippen LogP contribution in [0.2, 0.25) is 0 Å². The zero-order valence-corrected chi connectivity index (χ0v) is 15.0. The van der Waals surface area contributed by atoms with Crippen molar-refractivity contribution in [2.45, 2.75) is 27.3 Å². The quantitative estimate of drug-likeness (QED) is 0.672. The first-order valence-corrected chi connectivity index (χ1v) is 8.21. The van der Waals surface area contributed by atoms with E-state index >= 15 is 0 Å². The molecule has 0 atom stereocenters. The van der Waals surface area contributed by atoms with Crippen LogP contribution < -0.4 is 5.56 Å². The van der Waals surface area contributed by atoms with Gasteiger partial charge in [-0.15, -0.1) is 0 Å². The van der Waals surface area contributed by atoms with Crippen LogP contribution in [0.15, 0.2) is 40.2 Å². The Kier molecular flexibility index (Phi) is 4.81. The number of hydrogen-bond acceptors (Lipinski definition) is 4. The van der Waals surface area contributed by atoms with Gasteiger partial charge in [0, 0.05) is 30.6 Å². The lowest BCUT2D eigenvalue weighted by Gasteiger charge is -2.08. The molecule has 0 saturated carbocycles. The molecule has 1 aromatic carbocycles. The Morgan fingerprint density at radius 2 is 2.00 bits per heavy atom. The number of aryl methyl sites for hydroxylation is 2. The van der Waals surface area contributed by atoms with Gasteiger partial charge in [-0.05, 0) is 39.0 Å². The van der Waals surface area contributed by atoms with Crippen molar-refractivity contribution >= 4 is 17.1 Å². The van der Waals surface area contributed by atoms with Gasteiger partial charge in [-0.1, -0.05) is 12.1 Å². The summed E-state index contributed by atoms with van der Waals surface area (Å²) in [5, 5.41) is 4.96. The molecule has 6 nitrogen and oxygen atoms in total. The van der Waals surface area contributed by atoms with Crippen LogP contribution in [0.25, 0.3) is 10.9 Å². The van der Waals surface area contributed by atoms with Gasteiger partial charge in [-0.25, -0.2) is 4.98 Å². The summed E-state index contributed by atoms with van der Waals surface area (Å²) < 4.78 is 8.69. The Bertz CT molecular complexity index is 999.